The second kappa shape index (κ2) is 10.1. The monoisotopic (exact) mass is 460 g/mol. The minimum absolute atomic E-state index is 0.257. The van der Waals surface area contributed by atoms with Crippen molar-refractivity contribution in [2.24, 2.45) is 5.92 Å². The smallest absolute Gasteiger partial charge is 0.310 e. The first-order valence-electron chi connectivity index (χ1n) is 9.36. The van der Waals surface area contributed by atoms with Crippen LogP contribution in [0.2, 0.25) is 10.0 Å². The minimum atomic E-state index is -0.331. The number of hydrogen-bond donors (Lipinski definition) is 1. The van der Waals surface area contributed by atoms with Crippen LogP contribution in [0.4, 0.5) is 5.13 Å². The van der Waals surface area contributed by atoms with Gasteiger partial charge in [0, 0.05) is 12.1 Å². The highest BCUT2D eigenvalue weighted by molar-refractivity contribution is 7.17. The highest BCUT2D eigenvalue weighted by Gasteiger charge is 2.21. The van der Waals surface area contributed by atoms with Crippen molar-refractivity contribution in [1.29, 1.82) is 0 Å². The number of nitrogens with zero attached hydrogens (tertiary/aromatic N) is 1. The highest BCUT2D eigenvalue weighted by atomic mass is 35.5. The van der Waals surface area contributed by atoms with E-state index in [1.165, 1.54) is 18.4 Å². The van der Waals surface area contributed by atoms with E-state index in [4.69, 9.17) is 32.9 Å². The lowest BCUT2D eigenvalue weighted by Crippen LogP contribution is -2.26. The molecule has 1 heterocycles. The van der Waals surface area contributed by atoms with Gasteiger partial charge in [0.25, 0.3) is 0 Å². The van der Waals surface area contributed by atoms with Crippen molar-refractivity contribution in [2.75, 3.05) is 19.0 Å². The Morgan fingerprint density at radius 2 is 1.93 bits per heavy atom. The van der Waals surface area contributed by atoms with Gasteiger partial charge in [-0.2, -0.15) is 0 Å². The van der Waals surface area contributed by atoms with E-state index in [-0.39, 0.29) is 11.9 Å². The number of anilines is 1. The van der Waals surface area contributed by atoms with Gasteiger partial charge in [-0.25, -0.2) is 4.98 Å². The fourth-order valence-electron chi connectivity index (χ4n) is 3.04. The predicted octanol–water partition coefficient (Wildman–Crippen LogP) is 6.59. The van der Waals surface area contributed by atoms with Crippen LogP contribution in [0.15, 0.2) is 55.1 Å². The van der Waals surface area contributed by atoms with Gasteiger partial charge in [0.2, 0.25) is 0 Å². The van der Waals surface area contributed by atoms with Crippen LogP contribution in [0.1, 0.15) is 17.4 Å². The molecule has 0 aliphatic heterocycles. The SMILES string of the molecule is C=C(C)c1sc(NCC(Cc2ccccc2)C(=O)OC)nc1-c1ccc(Cl)c(Cl)c1. The molecule has 0 radical (unpaired) electrons. The number of nitrogens with one attached hydrogen (secondary N) is 1. The molecule has 0 fully saturated rings. The van der Waals surface area contributed by atoms with Gasteiger partial charge in [0.15, 0.2) is 5.13 Å². The quantitative estimate of drug-likeness (QED) is 0.385. The number of aromatic nitrogens is 1. The summed E-state index contributed by atoms with van der Waals surface area (Å²) in [5.74, 6) is -0.587. The molecule has 0 saturated carbocycles. The van der Waals surface area contributed by atoms with E-state index in [1.807, 2.05) is 43.3 Å². The summed E-state index contributed by atoms with van der Waals surface area (Å²) in [5, 5.41) is 4.97. The summed E-state index contributed by atoms with van der Waals surface area (Å²) in [6.45, 7) is 6.41. The maximum atomic E-state index is 12.3. The van der Waals surface area contributed by atoms with Gasteiger partial charge >= 0.3 is 5.97 Å². The second-order valence-corrected chi connectivity index (χ2v) is 8.71. The lowest BCUT2D eigenvalue weighted by Gasteiger charge is -2.15. The average molecular weight is 461 g/mol. The van der Waals surface area contributed by atoms with Crippen LogP contribution in [-0.2, 0) is 16.0 Å². The van der Waals surface area contributed by atoms with Crippen LogP contribution in [0.25, 0.3) is 16.8 Å². The molecule has 0 bridgehead atoms. The summed E-state index contributed by atoms with van der Waals surface area (Å²) in [4.78, 5) is 18.0. The van der Waals surface area contributed by atoms with Crippen LogP contribution >= 0.6 is 34.5 Å². The highest BCUT2D eigenvalue weighted by Crippen LogP contribution is 2.37. The van der Waals surface area contributed by atoms with Crippen molar-refractivity contribution >= 4 is 51.2 Å². The third-order valence-electron chi connectivity index (χ3n) is 4.57. The van der Waals surface area contributed by atoms with E-state index in [9.17, 15) is 4.79 Å². The van der Waals surface area contributed by atoms with E-state index >= 15 is 0 Å². The van der Waals surface area contributed by atoms with Crippen molar-refractivity contribution in [1.82, 2.24) is 4.98 Å². The van der Waals surface area contributed by atoms with Gasteiger partial charge in [-0.1, -0.05) is 77.5 Å². The number of methoxy groups -OCH3 is 1. The molecule has 1 atom stereocenters. The van der Waals surface area contributed by atoms with E-state index < -0.39 is 0 Å². The molecular weight excluding hydrogens is 439 g/mol. The number of hydrogen-bond acceptors (Lipinski definition) is 5. The van der Waals surface area contributed by atoms with Gasteiger partial charge in [0.05, 0.1) is 33.6 Å². The van der Waals surface area contributed by atoms with E-state index in [0.717, 1.165) is 27.3 Å². The fourth-order valence-corrected chi connectivity index (χ4v) is 4.26. The van der Waals surface area contributed by atoms with Crippen molar-refractivity contribution in [3.63, 3.8) is 0 Å². The second-order valence-electron chi connectivity index (χ2n) is 6.90. The molecular formula is C23H22Cl2N2O2S. The van der Waals surface area contributed by atoms with Crippen LogP contribution in [0.5, 0.6) is 0 Å². The lowest BCUT2D eigenvalue weighted by molar-refractivity contribution is -0.144. The van der Waals surface area contributed by atoms with Gasteiger partial charge in [-0.05, 0) is 36.6 Å². The Morgan fingerprint density at radius 1 is 1.20 bits per heavy atom. The van der Waals surface area contributed by atoms with Crippen LogP contribution < -0.4 is 5.32 Å². The van der Waals surface area contributed by atoms with E-state index in [2.05, 4.69) is 11.9 Å². The topological polar surface area (TPSA) is 51.2 Å². The van der Waals surface area contributed by atoms with E-state index in [0.29, 0.717) is 28.1 Å². The van der Waals surface area contributed by atoms with Gasteiger partial charge in [0.1, 0.15) is 0 Å². The van der Waals surface area contributed by atoms with Crippen LogP contribution in [0.3, 0.4) is 0 Å². The lowest BCUT2D eigenvalue weighted by atomic mass is 9.99. The number of halogens is 2. The molecule has 3 rings (SSSR count). The number of rotatable bonds is 8. The molecule has 1 aromatic heterocycles. The summed E-state index contributed by atoms with van der Waals surface area (Å²) >= 11 is 13.7. The molecule has 4 nitrogen and oxygen atoms in total. The number of esters is 1. The maximum absolute atomic E-state index is 12.3. The largest absolute Gasteiger partial charge is 0.469 e. The first kappa shape index (κ1) is 22.3. The van der Waals surface area contributed by atoms with Gasteiger partial charge < -0.3 is 10.1 Å². The first-order chi connectivity index (χ1) is 14.4. The maximum Gasteiger partial charge on any atom is 0.310 e. The molecule has 0 amide bonds. The molecule has 30 heavy (non-hydrogen) atoms. The molecule has 0 saturated heterocycles. The Kier molecular flexibility index (Phi) is 7.53. The van der Waals surface area contributed by atoms with E-state index in [1.54, 1.807) is 12.1 Å². The third kappa shape index (κ3) is 5.42. The summed E-state index contributed by atoms with van der Waals surface area (Å²) in [5.41, 5.74) is 3.62. The Balaban J connectivity index is 1.82. The van der Waals surface area contributed by atoms with Crippen LogP contribution in [0, 0.1) is 5.92 Å². The summed E-state index contributed by atoms with van der Waals surface area (Å²) in [6.07, 6.45) is 0.582. The molecule has 1 N–H and O–H groups in total. The Hall–Kier alpha value is -2.34. The van der Waals surface area contributed by atoms with Crippen molar-refractivity contribution in [3.8, 4) is 11.3 Å². The normalized spacial score (nSPS) is 11.7. The Morgan fingerprint density at radius 3 is 2.57 bits per heavy atom. The number of benzene rings is 2. The minimum Gasteiger partial charge on any atom is -0.469 e. The summed E-state index contributed by atoms with van der Waals surface area (Å²) in [6, 6.07) is 15.3. The molecule has 3 aromatic rings. The number of allylic oxidation sites excluding steroid dienone is 1. The molecule has 2 aromatic carbocycles. The number of thiazole rings is 1. The fraction of sp³-hybridized carbons (Fsp3) is 0.217. The molecule has 7 heteroatoms. The van der Waals surface area contributed by atoms with Crippen LogP contribution in [-0.4, -0.2) is 24.6 Å². The molecule has 0 aliphatic rings. The number of carbonyl (C=O) groups excluding carboxylic acids is 1. The van der Waals surface area contributed by atoms with Crippen molar-refractivity contribution < 1.29 is 9.53 Å². The van der Waals surface area contributed by atoms with Crippen molar-refractivity contribution in [3.05, 3.63) is 75.6 Å². The number of ether oxygens (including phenoxy) is 1. The van der Waals surface area contributed by atoms with Gasteiger partial charge in [-0.3, -0.25) is 4.79 Å². The molecule has 156 valence electrons. The third-order valence-corrected chi connectivity index (χ3v) is 6.48. The zero-order chi connectivity index (χ0) is 21.7. The Bertz CT molecular complexity index is 1050. The van der Waals surface area contributed by atoms with Crippen molar-refractivity contribution in [2.45, 2.75) is 13.3 Å². The standard InChI is InChI=1S/C23H22Cl2N2O2S/c1-14(2)21-20(16-9-10-18(24)19(25)12-16)27-23(30-21)26-13-17(22(28)29-3)11-15-7-5-4-6-8-15/h4-10,12,17H,1,11,13H2,2-3H3,(H,26,27). The zero-order valence-electron chi connectivity index (χ0n) is 16.7. The Labute approximate surface area is 190 Å². The average Bonchev–Trinajstić information content (AvgIpc) is 3.18. The first-order valence-corrected chi connectivity index (χ1v) is 10.9. The molecule has 0 aliphatic carbocycles. The summed E-state index contributed by atoms with van der Waals surface area (Å²) in [7, 11) is 1.41. The summed E-state index contributed by atoms with van der Waals surface area (Å²) < 4.78 is 5.00. The predicted molar refractivity (Wildman–Crippen MR) is 126 cm³/mol. The molecule has 1 unspecified atom stereocenters. The number of carbonyl (C=O) groups is 1. The molecule has 0 spiro atoms. The zero-order valence-corrected chi connectivity index (χ0v) is 19.1. The van der Waals surface area contributed by atoms with Gasteiger partial charge in [-0.15, -0.1) is 0 Å².